The number of anilines is 3. The van der Waals surface area contributed by atoms with Crippen molar-refractivity contribution in [1.82, 2.24) is 29.4 Å². The van der Waals surface area contributed by atoms with E-state index in [1.54, 1.807) is 13.3 Å². The van der Waals surface area contributed by atoms with E-state index in [9.17, 15) is 4.79 Å². The molecule has 5 aromatic rings. The van der Waals surface area contributed by atoms with E-state index in [1.807, 2.05) is 24.3 Å². The van der Waals surface area contributed by atoms with Crippen LogP contribution in [0.25, 0.3) is 26.4 Å². The Kier molecular flexibility index (Phi) is 5.08. The molecule has 0 bridgehead atoms. The van der Waals surface area contributed by atoms with E-state index in [0.717, 1.165) is 29.9 Å². The minimum absolute atomic E-state index is 0.183. The number of fused-ring (bicyclic) bond motifs is 3. The first-order valence-electron chi connectivity index (χ1n) is 11.1. The van der Waals surface area contributed by atoms with Gasteiger partial charge in [-0.15, -0.1) is 0 Å². The molecule has 11 heteroatoms. The number of methoxy groups -OCH3 is 1. The van der Waals surface area contributed by atoms with Crippen LogP contribution in [-0.2, 0) is 13.0 Å². The number of hydrogen-bond donors (Lipinski definition) is 2. The number of likely N-dealkylation sites (N-methyl/N-ethyl adjacent to an activating group) is 1. The van der Waals surface area contributed by atoms with E-state index in [2.05, 4.69) is 49.3 Å². The van der Waals surface area contributed by atoms with Crippen LogP contribution >= 0.6 is 11.3 Å². The molecule has 0 saturated heterocycles. The number of nitrogen functional groups attached to an aromatic ring is 1. The molecule has 0 amide bonds. The summed E-state index contributed by atoms with van der Waals surface area (Å²) in [7, 11) is 3.70. The Hall–Kier alpha value is -4.09. The Morgan fingerprint density at radius 3 is 2.89 bits per heavy atom. The summed E-state index contributed by atoms with van der Waals surface area (Å²) in [6.07, 6.45) is 2.57. The van der Waals surface area contributed by atoms with Gasteiger partial charge in [0.25, 0.3) is 0 Å². The summed E-state index contributed by atoms with van der Waals surface area (Å²) in [6.45, 7) is 1.97. The molecule has 35 heavy (non-hydrogen) atoms. The highest BCUT2D eigenvalue weighted by Gasteiger charge is 2.18. The maximum atomic E-state index is 13.0. The first kappa shape index (κ1) is 21.4. The molecule has 6 rings (SSSR count). The summed E-state index contributed by atoms with van der Waals surface area (Å²) in [5.41, 5.74) is 10.2. The van der Waals surface area contributed by atoms with Gasteiger partial charge in [0.1, 0.15) is 17.1 Å². The number of para-hydroxylation sites is 1. The summed E-state index contributed by atoms with van der Waals surface area (Å²) in [5, 5.41) is 4.10. The van der Waals surface area contributed by atoms with Crippen LogP contribution in [-0.4, -0.2) is 50.1 Å². The Bertz CT molecular complexity index is 1660. The van der Waals surface area contributed by atoms with Gasteiger partial charge in [0, 0.05) is 25.0 Å². The summed E-state index contributed by atoms with van der Waals surface area (Å²) in [5.74, 6) is 1.15. The molecule has 1 aliphatic heterocycles. The lowest BCUT2D eigenvalue weighted by Gasteiger charge is -2.25. The number of nitrogens with two attached hydrogens (primary N) is 1. The van der Waals surface area contributed by atoms with Gasteiger partial charge in [-0.25, -0.2) is 19.3 Å². The zero-order valence-corrected chi connectivity index (χ0v) is 20.0. The fraction of sp³-hybridized carbons (Fsp3) is 0.208. The first-order chi connectivity index (χ1) is 17.0. The molecule has 0 fully saturated rings. The zero-order chi connectivity index (χ0) is 24.1. The molecule has 4 heterocycles. The molecule has 0 spiro atoms. The molecule has 3 aromatic heterocycles. The van der Waals surface area contributed by atoms with Gasteiger partial charge in [-0.05, 0) is 48.9 Å². The average molecular weight is 487 g/mol. The largest absolute Gasteiger partial charge is 0.494 e. The van der Waals surface area contributed by atoms with Gasteiger partial charge < -0.3 is 20.7 Å². The number of benzene rings is 2. The molecule has 3 N–H and O–H groups in total. The first-order valence-corrected chi connectivity index (χ1v) is 11.9. The molecule has 0 aliphatic carbocycles. The summed E-state index contributed by atoms with van der Waals surface area (Å²) in [4.78, 5) is 32.9. The second-order valence-corrected chi connectivity index (χ2v) is 9.45. The summed E-state index contributed by atoms with van der Waals surface area (Å²) >= 11 is 1.33. The van der Waals surface area contributed by atoms with Crippen LogP contribution in [0.5, 0.6) is 5.75 Å². The highest BCUT2D eigenvalue weighted by molar-refractivity contribution is 7.20. The highest BCUT2D eigenvalue weighted by atomic mass is 32.1. The van der Waals surface area contributed by atoms with Crippen molar-refractivity contribution >= 4 is 50.0 Å². The van der Waals surface area contributed by atoms with E-state index in [-0.39, 0.29) is 11.5 Å². The number of ether oxygens (including phenoxy) is 1. The van der Waals surface area contributed by atoms with Gasteiger partial charge in [-0.2, -0.15) is 9.97 Å². The van der Waals surface area contributed by atoms with Crippen LogP contribution in [0.4, 0.5) is 17.5 Å². The predicted molar refractivity (Wildman–Crippen MR) is 137 cm³/mol. The van der Waals surface area contributed by atoms with Gasteiger partial charge in [0.05, 0.1) is 17.2 Å². The van der Waals surface area contributed by atoms with E-state index < -0.39 is 5.69 Å². The van der Waals surface area contributed by atoms with Crippen molar-refractivity contribution < 1.29 is 4.74 Å². The van der Waals surface area contributed by atoms with E-state index in [4.69, 9.17) is 10.5 Å². The Morgan fingerprint density at radius 2 is 2.03 bits per heavy atom. The van der Waals surface area contributed by atoms with Crippen molar-refractivity contribution in [2.75, 3.05) is 31.8 Å². The minimum Gasteiger partial charge on any atom is -0.494 e. The number of rotatable bonds is 4. The summed E-state index contributed by atoms with van der Waals surface area (Å²) in [6, 6.07) is 11.9. The SMILES string of the molecule is COc1cccc2sc(-n3c(N)c4cnc(Nc5ccc6c(c5)CCN(C)C6)nc4nc3=O)nc12. The average Bonchev–Trinajstić information content (AvgIpc) is 3.28. The maximum absolute atomic E-state index is 13.0. The minimum atomic E-state index is -0.560. The van der Waals surface area contributed by atoms with Crippen molar-refractivity contribution in [1.29, 1.82) is 0 Å². The lowest BCUT2D eigenvalue weighted by Crippen LogP contribution is -2.26. The molecule has 1 aliphatic rings. The molecule has 10 nitrogen and oxygen atoms in total. The highest BCUT2D eigenvalue weighted by Crippen LogP contribution is 2.32. The number of aromatic nitrogens is 5. The van der Waals surface area contributed by atoms with Crippen LogP contribution < -0.4 is 21.5 Å². The molecule has 0 saturated carbocycles. The van der Waals surface area contributed by atoms with Crippen LogP contribution in [0.15, 0.2) is 47.4 Å². The molecule has 176 valence electrons. The second kappa shape index (κ2) is 8.29. The van der Waals surface area contributed by atoms with Crippen LogP contribution in [0.3, 0.4) is 0 Å². The third-order valence-corrected chi connectivity index (χ3v) is 7.13. The number of nitrogens with one attached hydrogen (secondary N) is 1. The summed E-state index contributed by atoms with van der Waals surface area (Å²) < 4.78 is 7.54. The standard InChI is InChI=1S/C24H22N8O2S/c1-31-9-8-13-10-15(7-6-14(13)12-31)27-22-26-11-16-20(25)32(23(33)30-21(16)29-22)24-28-19-17(34-2)4-3-5-18(19)35-24/h3-7,10-11H,8-9,12,25H2,1-2H3,(H,27,29,30,33). The predicted octanol–water partition coefficient (Wildman–Crippen LogP) is 3.11. The lowest BCUT2D eigenvalue weighted by molar-refractivity contribution is 0.313. The molecule has 0 atom stereocenters. The Labute approximate surface area is 204 Å². The Balaban J connectivity index is 1.36. The third-order valence-electron chi connectivity index (χ3n) is 6.13. The fourth-order valence-electron chi connectivity index (χ4n) is 4.32. The van der Waals surface area contributed by atoms with E-state index >= 15 is 0 Å². The van der Waals surface area contributed by atoms with Gasteiger partial charge >= 0.3 is 5.69 Å². The number of thiazole rings is 1. The third kappa shape index (κ3) is 3.74. The zero-order valence-electron chi connectivity index (χ0n) is 19.1. The van der Waals surface area contributed by atoms with Crippen molar-refractivity contribution in [3.63, 3.8) is 0 Å². The Morgan fingerprint density at radius 1 is 1.14 bits per heavy atom. The van der Waals surface area contributed by atoms with Gasteiger partial charge in [0.15, 0.2) is 5.65 Å². The molecule has 2 aromatic carbocycles. The van der Waals surface area contributed by atoms with Crippen molar-refractivity contribution in [2.24, 2.45) is 0 Å². The van der Waals surface area contributed by atoms with Crippen molar-refractivity contribution in [3.05, 3.63) is 64.2 Å². The van der Waals surface area contributed by atoms with Gasteiger partial charge in [-0.1, -0.05) is 23.5 Å². The normalized spacial score (nSPS) is 13.8. The smallest absolute Gasteiger partial charge is 0.357 e. The molecular weight excluding hydrogens is 464 g/mol. The van der Waals surface area contributed by atoms with Gasteiger partial charge in [-0.3, -0.25) is 0 Å². The monoisotopic (exact) mass is 486 g/mol. The molecular formula is C24H22N8O2S. The molecule has 0 unspecified atom stereocenters. The second-order valence-electron chi connectivity index (χ2n) is 8.45. The number of nitrogens with zero attached hydrogens (tertiary/aromatic N) is 6. The molecule has 0 radical (unpaired) electrons. The van der Waals surface area contributed by atoms with Crippen molar-refractivity contribution in [2.45, 2.75) is 13.0 Å². The fourth-order valence-corrected chi connectivity index (χ4v) is 5.31. The topological polar surface area (TPSA) is 124 Å². The van der Waals surface area contributed by atoms with Crippen LogP contribution in [0.2, 0.25) is 0 Å². The van der Waals surface area contributed by atoms with Gasteiger partial charge in [0.2, 0.25) is 11.1 Å². The van der Waals surface area contributed by atoms with Crippen LogP contribution in [0.1, 0.15) is 11.1 Å². The lowest BCUT2D eigenvalue weighted by atomic mass is 9.99. The van der Waals surface area contributed by atoms with Crippen molar-refractivity contribution in [3.8, 4) is 10.9 Å². The maximum Gasteiger partial charge on any atom is 0.357 e. The van der Waals surface area contributed by atoms with Crippen LogP contribution in [0, 0.1) is 0 Å². The number of hydrogen-bond acceptors (Lipinski definition) is 10. The van der Waals surface area contributed by atoms with E-state index in [0.29, 0.717) is 27.7 Å². The quantitative estimate of drug-likeness (QED) is 0.394. The van der Waals surface area contributed by atoms with E-state index in [1.165, 1.54) is 27.0 Å².